The molecule has 25 heavy (non-hydrogen) atoms. The number of rotatable bonds is 10. The molecule has 144 valence electrons. The standard InChI is InChI=1S/C17H29N3O4.HI/c1-5-18-17(19-9-7-8-10-23-6-2)20-12-14-11-15(13(3)24-14)16(21)22-4;/h11H,5-10,12H2,1-4H3,(H2,18,19,20);1H. The van der Waals surface area contributed by atoms with Gasteiger partial charge in [-0.2, -0.15) is 0 Å². The molecular formula is C17H30IN3O4. The predicted octanol–water partition coefficient (Wildman–Crippen LogP) is 2.86. The van der Waals surface area contributed by atoms with E-state index in [-0.39, 0.29) is 24.0 Å². The molecule has 0 saturated carbocycles. The Morgan fingerprint density at radius 1 is 1.28 bits per heavy atom. The van der Waals surface area contributed by atoms with Gasteiger partial charge < -0.3 is 24.5 Å². The van der Waals surface area contributed by atoms with E-state index in [1.807, 2.05) is 13.8 Å². The minimum absolute atomic E-state index is 0. The van der Waals surface area contributed by atoms with Crippen molar-refractivity contribution in [2.45, 2.75) is 40.2 Å². The Morgan fingerprint density at radius 3 is 2.68 bits per heavy atom. The Morgan fingerprint density at radius 2 is 2.04 bits per heavy atom. The van der Waals surface area contributed by atoms with Gasteiger partial charge in [-0.25, -0.2) is 9.79 Å². The molecule has 1 aromatic heterocycles. The number of nitrogens with zero attached hydrogens (tertiary/aromatic N) is 1. The summed E-state index contributed by atoms with van der Waals surface area (Å²) in [6.45, 7) is 9.24. The summed E-state index contributed by atoms with van der Waals surface area (Å²) < 4.78 is 15.6. The number of unbranched alkanes of at least 4 members (excludes halogenated alkanes) is 1. The Bertz CT molecular complexity index is 532. The van der Waals surface area contributed by atoms with Crippen molar-refractivity contribution in [2.75, 3.05) is 33.4 Å². The van der Waals surface area contributed by atoms with Gasteiger partial charge in [0.1, 0.15) is 23.6 Å². The van der Waals surface area contributed by atoms with Gasteiger partial charge >= 0.3 is 5.97 Å². The first-order valence-electron chi connectivity index (χ1n) is 8.39. The molecule has 0 aliphatic rings. The van der Waals surface area contributed by atoms with E-state index in [9.17, 15) is 4.79 Å². The number of carbonyl (C=O) groups is 1. The zero-order chi connectivity index (χ0) is 17.8. The fourth-order valence-corrected chi connectivity index (χ4v) is 2.11. The van der Waals surface area contributed by atoms with Crippen LogP contribution >= 0.6 is 24.0 Å². The molecule has 0 aromatic carbocycles. The normalized spacial score (nSPS) is 11.0. The largest absolute Gasteiger partial charge is 0.465 e. The minimum Gasteiger partial charge on any atom is -0.465 e. The van der Waals surface area contributed by atoms with Crippen LogP contribution in [-0.2, 0) is 16.0 Å². The summed E-state index contributed by atoms with van der Waals surface area (Å²) in [7, 11) is 1.35. The number of ether oxygens (including phenoxy) is 2. The third kappa shape index (κ3) is 9.10. The van der Waals surface area contributed by atoms with Gasteiger partial charge in [0, 0.05) is 26.3 Å². The second kappa shape index (κ2) is 13.9. The molecule has 0 unspecified atom stereocenters. The van der Waals surface area contributed by atoms with E-state index in [1.54, 1.807) is 13.0 Å². The van der Waals surface area contributed by atoms with Gasteiger partial charge in [-0.05, 0) is 39.7 Å². The molecule has 0 amide bonds. The third-order valence-corrected chi connectivity index (χ3v) is 3.32. The lowest BCUT2D eigenvalue weighted by atomic mass is 10.2. The number of guanidine groups is 1. The van der Waals surface area contributed by atoms with Crippen molar-refractivity contribution in [1.82, 2.24) is 10.6 Å². The monoisotopic (exact) mass is 467 g/mol. The highest BCUT2D eigenvalue weighted by Gasteiger charge is 2.15. The van der Waals surface area contributed by atoms with Crippen LogP contribution in [0.15, 0.2) is 15.5 Å². The molecule has 1 heterocycles. The number of hydrogen-bond donors (Lipinski definition) is 2. The molecule has 7 nitrogen and oxygen atoms in total. The fraction of sp³-hybridized carbons (Fsp3) is 0.647. The third-order valence-electron chi connectivity index (χ3n) is 3.32. The number of carbonyl (C=O) groups excluding carboxylic acids is 1. The lowest BCUT2D eigenvalue weighted by Crippen LogP contribution is -2.37. The van der Waals surface area contributed by atoms with Crippen molar-refractivity contribution in [3.63, 3.8) is 0 Å². The Labute approximate surface area is 166 Å². The average molecular weight is 467 g/mol. The van der Waals surface area contributed by atoms with Crippen LogP contribution in [0.25, 0.3) is 0 Å². The SMILES string of the molecule is CCNC(=NCc1cc(C(=O)OC)c(C)o1)NCCCCOCC.I. The highest BCUT2D eigenvalue weighted by Crippen LogP contribution is 2.16. The number of halogens is 1. The Balaban J connectivity index is 0.00000576. The van der Waals surface area contributed by atoms with Crippen molar-refractivity contribution in [2.24, 2.45) is 4.99 Å². The van der Waals surface area contributed by atoms with Crippen LogP contribution in [0.3, 0.4) is 0 Å². The number of furan rings is 1. The van der Waals surface area contributed by atoms with E-state index in [1.165, 1.54) is 7.11 Å². The second-order valence-electron chi connectivity index (χ2n) is 5.20. The number of methoxy groups -OCH3 is 1. The van der Waals surface area contributed by atoms with E-state index < -0.39 is 5.97 Å². The summed E-state index contributed by atoms with van der Waals surface area (Å²) in [4.78, 5) is 16.1. The summed E-state index contributed by atoms with van der Waals surface area (Å²) in [5.41, 5.74) is 0.441. The van der Waals surface area contributed by atoms with Crippen molar-refractivity contribution >= 4 is 35.9 Å². The van der Waals surface area contributed by atoms with Crippen molar-refractivity contribution in [3.05, 3.63) is 23.2 Å². The molecule has 0 spiro atoms. The summed E-state index contributed by atoms with van der Waals surface area (Å²) >= 11 is 0. The molecule has 0 atom stereocenters. The van der Waals surface area contributed by atoms with Crippen LogP contribution in [0.1, 0.15) is 48.6 Å². The topological polar surface area (TPSA) is 85.1 Å². The molecule has 0 aliphatic heterocycles. The minimum atomic E-state index is -0.397. The van der Waals surface area contributed by atoms with E-state index in [2.05, 4.69) is 15.6 Å². The maximum Gasteiger partial charge on any atom is 0.341 e. The molecule has 8 heteroatoms. The number of aryl methyl sites for hydroxylation is 1. The van der Waals surface area contributed by atoms with Gasteiger partial charge in [0.15, 0.2) is 5.96 Å². The summed E-state index contributed by atoms with van der Waals surface area (Å²) in [6, 6.07) is 1.68. The fourth-order valence-electron chi connectivity index (χ4n) is 2.11. The Hall–Kier alpha value is -1.29. The van der Waals surface area contributed by atoms with Crippen LogP contribution in [-0.4, -0.2) is 45.3 Å². The highest BCUT2D eigenvalue weighted by molar-refractivity contribution is 14.0. The maximum atomic E-state index is 11.6. The first-order valence-corrected chi connectivity index (χ1v) is 8.39. The number of hydrogen-bond acceptors (Lipinski definition) is 5. The highest BCUT2D eigenvalue weighted by atomic mass is 127. The molecule has 2 N–H and O–H groups in total. The second-order valence-corrected chi connectivity index (χ2v) is 5.20. The Kier molecular flexibility index (Phi) is 13.2. The first kappa shape index (κ1) is 23.7. The molecule has 0 saturated heterocycles. The van der Waals surface area contributed by atoms with Crippen LogP contribution in [0, 0.1) is 6.92 Å². The summed E-state index contributed by atoms with van der Waals surface area (Å²) in [5.74, 6) is 1.50. The lowest BCUT2D eigenvalue weighted by molar-refractivity contribution is 0.0599. The smallest absolute Gasteiger partial charge is 0.341 e. The van der Waals surface area contributed by atoms with Crippen molar-refractivity contribution < 1.29 is 18.7 Å². The number of aliphatic imine (C=N–C) groups is 1. The molecule has 1 rings (SSSR count). The molecular weight excluding hydrogens is 437 g/mol. The molecule has 1 aromatic rings. The van der Waals surface area contributed by atoms with Crippen LogP contribution in [0.2, 0.25) is 0 Å². The van der Waals surface area contributed by atoms with Gasteiger partial charge in [0.05, 0.1) is 7.11 Å². The quantitative estimate of drug-likeness (QED) is 0.181. The van der Waals surface area contributed by atoms with E-state index in [4.69, 9.17) is 13.9 Å². The first-order chi connectivity index (χ1) is 11.6. The van der Waals surface area contributed by atoms with Gasteiger partial charge in [0.25, 0.3) is 0 Å². The molecule has 0 aliphatic carbocycles. The number of esters is 1. The lowest BCUT2D eigenvalue weighted by Gasteiger charge is -2.10. The van der Waals surface area contributed by atoms with Crippen LogP contribution in [0.4, 0.5) is 0 Å². The molecule has 0 fully saturated rings. The van der Waals surface area contributed by atoms with Crippen LogP contribution in [0.5, 0.6) is 0 Å². The van der Waals surface area contributed by atoms with Gasteiger partial charge in [0.2, 0.25) is 0 Å². The average Bonchev–Trinajstić information content (AvgIpc) is 2.95. The van der Waals surface area contributed by atoms with Crippen LogP contribution < -0.4 is 10.6 Å². The molecule has 0 bridgehead atoms. The maximum absolute atomic E-state index is 11.6. The summed E-state index contributed by atoms with van der Waals surface area (Å²) in [5, 5.41) is 6.46. The van der Waals surface area contributed by atoms with Gasteiger partial charge in [-0.3, -0.25) is 0 Å². The predicted molar refractivity (Wildman–Crippen MR) is 109 cm³/mol. The van der Waals surface area contributed by atoms with Crippen molar-refractivity contribution in [1.29, 1.82) is 0 Å². The van der Waals surface area contributed by atoms with Gasteiger partial charge in [-0.1, -0.05) is 0 Å². The zero-order valence-corrected chi connectivity index (χ0v) is 17.8. The number of nitrogens with one attached hydrogen (secondary N) is 2. The van der Waals surface area contributed by atoms with Gasteiger partial charge in [-0.15, -0.1) is 24.0 Å². The summed E-state index contributed by atoms with van der Waals surface area (Å²) in [6.07, 6.45) is 2.02. The van der Waals surface area contributed by atoms with E-state index in [0.29, 0.717) is 23.6 Å². The van der Waals surface area contributed by atoms with Crippen molar-refractivity contribution in [3.8, 4) is 0 Å². The zero-order valence-electron chi connectivity index (χ0n) is 15.5. The van der Waals surface area contributed by atoms with E-state index in [0.717, 1.165) is 45.1 Å². The van der Waals surface area contributed by atoms with E-state index >= 15 is 0 Å². The molecule has 0 radical (unpaired) electrons.